The lowest BCUT2D eigenvalue weighted by Gasteiger charge is -1.94. The molecule has 0 spiro atoms. The first-order valence-electron chi connectivity index (χ1n) is 2.51. The van der Waals surface area contributed by atoms with Crippen molar-refractivity contribution >= 4 is 11.6 Å². The highest BCUT2D eigenvalue weighted by molar-refractivity contribution is 6.30. The molecule has 0 aliphatic rings. The van der Waals surface area contributed by atoms with Crippen LogP contribution in [0.1, 0.15) is 5.56 Å². The molecule has 1 aromatic heterocycles. The lowest BCUT2D eigenvalue weighted by molar-refractivity contribution is 0.472. The highest BCUT2D eigenvalue weighted by Crippen LogP contribution is 2.19. The average Bonchev–Trinajstić information content (AvgIpc) is 1.80. The van der Waals surface area contributed by atoms with Crippen molar-refractivity contribution in [2.45, 2.75) is 6.92 Å². The van der Waals surface area contributed by atoms with E-state index in [9.17, 15) is 0 Å². The van der Waals surface area contributed by atoms with E-state index in [1.165, 1.54) is 0 Å². The summed E-state index contributed by atoms with van der Waals surface area (Å²) in [6.07, 6.45) is 1.60. The second kappa shape index (κ2) is 2.23. The highest BCUT2D eigenvalue weighted by atomic mass is 35.5. The van der Waals surface area contributed by atoms with Crippen molar-refractivity contribution < 1.29 is 5.11 Å². The number of aromatic hydroxyl groups is 1. The molecule has 1 rings (SSSR count). The summed E-state index contributed by atoms with van der Waals surface area (Å²) >= 11 is 5.42. The molecule has 0 aliphatic carbocycles. The maximum atomic E-state index is 8.91. The van der Waals surface area contributed by atoms with E-state index < -0.39 is 0 Å². The fraction of sp³-hybridized carbons (Fsp3) is 0.167. The van der Waals surface area contributed by atoms with E-state index in [1.54, 1.807) is 12.3 Å². The van der Waals surface area contributed by atoms with Crippen LogP contribution in [0.4, 0.5) is 0 Å². The lowest BCUT2D eigenvalue weighted by Crippen LogP contribution is -1.77. The smallest absolute Gasteiger partial charge is 0.170 e. The van der Waals surface area contributed by atoms with Crippen molar-refractivity contribution in [3.63, 3.8) is 0 Å². The lowest BCUT2D eigenvalue weighted by atomic mass is 10.3. The molecule has 0 bridgehead atoms. The molecule has 0 saturated heterocycles. The van der Waals surface area contributed by atoms with Crippen LogP contribution < -0.4 is 0 Å². The van der Waals surface area contributed by atoms with Crippen LogP contribution in [0, 0.1) is 6.92 Å². The van der Waals surface area contributed by atoms with Gasteiger partial charge in [0.15, 0.2) is 10.9 Å². The van der Waals surface area contributed by atoms with Gasteiger partial charge in [-0.2, -0.15) is 0 Å². The second-order valence-electron chi connectivity index (χ2n) is 1.82. The summed E-state index contributed by atoms with van der Waals surface area (Å²) in [5.41, 5.74) is 0.900. The molecular weight excluding hydrogens is 138 g/mol. The van der Waals surface area contributed by atoms with Gasteiger partial charge in [-0.15, -0.1) is 0 Å². The van der Waals surface area contributed by atoms with Crippen molar-refractivity contribution in [3.05, 3.63) is 23.0 Å². The largest absolute Gasteiger partial charge is 0.505 e. The SMILES string of the molecule is Cc1cnc(Cl)c(O)c1. The van der Waals surface area contributed by atoms with Gasteiger partial charge in [0.05, 0.1) is 0 Å². The van der Waals surface area contributed by atoms with Gasteiger partial charge in [0, 0.05) is 6.20 Å². The molecule has 3 heteroatoms. The minimum atomic E-state index is 0.0386. The van der Waals surface area contributed by atoms with Crippen molar-refractivity contribution in [2.75, 3.05) is 0 Å². The third kappa shape index (κ3) is 1.33. The van der Waals surface area contributed by atoms with E-state index >= 15 is 0 Å². The maximum absolute atomic E-state index is 8.91. The van der Waals surface area contributed by atoms with E-state index in [4.69, 9.17) is 16.7 Å². The van der Waals surface area contributed by atoms with Gasteiger partial charge in [0.1, 0.15) is 0 Å². The van der Waals surface area contributed by atoms with Crippen LogP contribution in [0.25, 0.3) is 0 Å². The van der Waals surface area contributed by atoms with Crippen LogP contribution in [0.5, 0.6) is 5.75 Å². The molecule has 0 atom stereocenters. The number of pyridine rings is 1. The fourth-order valence-corrected chi connectivity index (χ4v) is 0.640. The maximum Gasteiger partial charge on any atom is 0.170 e. The van der Waals surface area contributed by atoms with E-state index in [2.05, 4.69) is 4.98 Å². The monoisotopic (exact) mass is 143 g/mol. The Morgan fingerprint density at radius 1 is 1.67 bits per heavy atom. The standard InChI is InChI=1S/C6H6ClNO/c1-4-2-5(9)6(7)8-3-4/h2-3,9H,1H3. The van der Waals surface area contributed by atoms with Crippen LogP contribution in [0.15, 0.2) is 12.3 Å². The Morgan fingerprint density at radius 2 is 2.33 bits per heavy atom. The Hall–Kier alpha value is -0.760. The normalized spacial score (nSPS) is 9.56. The summed E-state index contributed by atoms with van der Waals surface area (Å²) in [4.78, 5) is 3.69. The number of aryl methyl sites for hydroxylation is 1. The predicted octanol–water partition coefficient (Wildman–Crippen LogP) is 1.75. The number of rotatable bonds is 0. The van der Waals surface area contributed by atoms with Gasteiger partial charge in [0.2, 0.25) is 0 Å². The molecule has 0 unspecified atom stereocenters. The summed E-state index contributed by atoms with van der Waals surface area (Å²) in [7, 11) is 0. The van der Waals surface area contributed by atoms with Gasteiger partial charge in [-0.05, 0) is 18.6 Å². The summed E-state index contributed by atoms with van der Waals surface area (Å²) in [5, 5.41) is 9.06. The minimum Gasteiger partial charge on any atom is -0.505 e. The molecule has 1 N–H and O–H groups in total. The molecule has 0 aromatic carbocycles. The van der Waals surface area contributed by atoms with Crippen molar-refractivity contribution in [1.82, 2.24) is 4.98 Å². The Balaban J connectivity index is 3.17. The summed E-state index contributed by atoms with van der Waals surface area (Å²) in [6.45, 7) is 1.84. The van der Waals surface area contributed by atoms with E-state index in [0.29, 0.717) is 0 Å². The zero-order valence-electron chi connectivity index (χ0n) is 4.93. The van der Waals surface area contributed by atoms with Gasteiger partial charge in [-0.1, -0.05) is 11.6 Å². The van der Waals surface area contributed by atoms with Gasteiger partial charge in [-0.3, -0.25) is 0 Å². The van der Waals surface area contributed by atoms with Crippen molar-refractivity contribution in [1.29, 1.82) is 0 Å². The first-order chi connectivity index (χ1) is 4.20. The van der Waals surface area contributed by atoms with E-state index in [-0.39, 0.29) is 10.9 Å². The fourth-order valence-electron chi connectivity index (χ4n) is 0.537. The number of hydrogen-bond acceptors (Lipinski definition) is 2. The molecule has 0 saturated carbocycles. The third-order valence-electron chi connectivity index (χ3n) is 0.957. The van der Waals surface area contributed by atoms with Gasteiger partial charge in [0.25, 0.3) is 0 Å². The van der Waals surface area contributed by atoms with Crippen LogP contribution in [-0.2, 0) is 0 Å². The zero-order chi connectivity index (χ0) is 6.85. The first-order valence-corrected chi connectivity index (χ1v) is 2.89. The zero-order valence-corrected chi connectivity index (χ0v) is 5.68. The molecule has 0 radical (unpaired) electrons. The quantitative estimate of drug-likeness (QED) is 0.562. The van der Waals surface area contributed by atoms with Gasteiger partial charge >= 0.3 is 0 Å². The van der Waals surface area contributed by atoms with Crippen LogP contribution >= 0.6 is 11.6 Å². The Morgan fingerprint density at radius 3 is 2.78 bits per heavy atom. The molecule has 0 aliphatic heterocycles. The van der Waals surface area contributed by atoms with E-state index in [0.717, 1.165) is 5.56 Å². The first kappa shape index (κ1) is 6.36. The van der Waals surface area contributed by atoms with Crippen LogP contribution in [0.3, 0.4) is 0 Å². The molecular formula is C6H6ClNO. The predicted molar refractivity (Wildman–Crippen MR) is 35.6 cm³/mol. The Kier molecular flexibility index (Phi) is 1.58. The summed E-state index contributed by atoms with van der Waals surface area (Å²) in [5.74, 6) is 0.0386. The third-order valence-corrected chi connectivity index (χ3v) is 1.25. The van der Waals surface area contributed by atoms with E-state index in [1.807, 2.05) is 6.92 Å². The number of hydrogen-bond donors (Lipinski definition) is 1. The molecule has 9 heavy (non-hydrogen) atoms. The molecule has 1 heterocycles. The Labute approximate surface area is 58.1 Å². The van der Waals surface area contributed by atoms with Crippen LogP contribution in [0.2, 0.25) is 5.15 Å². The topological polar surface area (TPSA) is 33.1 Å². The minimum absolute atomic E-state index is 0.0386. The van der Waals surface area contributed by atoms with Crippen LogP contribution in [-0.4, -0.2) is 10.1 Å². The molecule has 0 fully saturated rings. The van der Waals surface area contributed by atoms with Gasteiger partial charge < -0.3 is 5.11 Å². The molecule has 48 valence electrons. The second-order valence-corrected chi connectivity index (χ2v) is 2.18. The average molecular weight is 144 g/mol. The number of aromatic nitrogens is 1. The number of nitrogens with zero attached hydrogens (tertiary/aromatic N) is 1. The summed E-state index contributed by atoms with van der Waals surface area (Å²) in [6, 6.07) is 1.56. The highest BCUT2D eigenvalue weighted by Gasteiger charge is 1.95. The molecule has 0 amide bonds. The number of halogens is 1. The molecule has 2 nitrogen and oxygen atoms in total. The summed E-state index contributed by atoms with van der Waals surface area (Å²) < 4.78 is 0. The Bertz CT molecular complexity index is 224. The van der Waals surface area contributed by atoms with Crippen molar-refractivity contribution in [3.8, 4) is 5.75 Å². The van der Waals surface area contributed by atoms with Gasteiger partial charge in [-0.25, -0.2) is 4.98 Å². The van der Waals surface area contributed by atoms with Crippen molar-refractivity contribution in [2.24, 2.45) is 0 Å². The molecule has 1 aromatic rings.